The summed E-state index contributed by atoms with van der Waals surface area (Å²) in [7, 11) is 2.11. The van der Waals surface area contributed by atoms with Crippen molar-refractivity contribution in [3.63, 3.8) is 0 Å². The van der Waals surface area contributed by atoms with Crippen LogP contribution >= 0.6 is 0 Å². The second-order valence-corrected chi connectivity index (χ2v) is 4.64. The van der Waals surface area contributed by atoms with Crippen LogP contribution in [0.4, 0.5) is 5.69 Å². The predicted molar refractivity (Wildman–Crippen MR) is 68.9 cm³/mol. The van der Waals surface area contributed by atoms with E-state index in [1.807, 2.05) is 0 Å². The van der Waals surface area contributed by atoms with Gasteiger partial charge in [0.15, 0.2) is 0 Å². The number of likely N-dealkylation sites (N-methyl/N-ethyl adjacent to an activating group) is 1. The average molecular weight is 233 g/mol. The first kappa shape index (κ1) is 11.9. The van der Waals surface area contributed by atoms with Crippen LogP contribution in [0.1, 0.15) is 18.1 Å². The monoisotopic (exact) mass is 233 g/mol. The summed E-state index contributed by atoms with van der Waals surface area (Å²) in [6.07, 6.45) is 1.10. The number of carbonyl (C=O) groups excluding carboxylic acids is 1. The number of primary amides is 1. The van der Waals surface area contributed by atoms with E-state index in [0.29, 0.717) is 6.54 Å². The first-order chi connectivity index (χ1) is 8.08. The molecule has 4 nitrogen and oxygen atoms in total. The molecule has 3 N–H and O–H groups in total. The van der Waals surface area contributed by atoms with Crippen LogP contribution in [-0.2, 0) is 17.8 Å². The molecule has 1 heterocycles. The van der Waals surface area contributed by atoms with Crippen molar-refractivity contribution < 1.29 is 4.79 Å². The second kappa shape index (κ2) is 4.75. The summed E-state index contributed by atoms with van der Waals surface area (Å²) < 4.78 is 0. The molecule has 0 aromatic heterocycles. The molecule has 0 spiro atoms. The maximum atomic E-state index is 10.9. The van der Waals surface area contributed by atoms with Gasteiger partial charge in [0.1, 0.15) is 0 Å². The smallest absolute Gasteiger partial charge is 0.234 e. The third-order valence-corrected chi connectivity index (χ3v) is 3.31. The first-order valence-electron chi connectivity index (χ1n) is 5.93. The highest BCUT2D eigenvalue weighted by Crippen LogP contribution is 2.27. The van der Waals surface area contributed by atoms with Gasteiger partial charge in [-0.05, 0) is 30.5 Å². The zero-order valence-corrected chi connectivity index (χ0v) is 10.4. The number of rotatable bonds is 4. The summed E-state index contributed by atoms with van der Waals surface area (Å²) in [4.78, 5) is 13.2. The van der Waals surface area contributed by atoms with Gasteiger partial charge < -0.3 is 16.0 Å². The number of nitrogens with zero attached hydrogens (tertiary/aromatic N) is 1. The van der Waals surface area contributed by atoms with Crippen LogP contribution in [0, 0.1) is 0 Å². The number of amides is 1. The van der Waals surface area contributed by atoms with Gasteiger partial charge in [-0.2, -0.15) is 0 Å². The molecule has 1 amide bonds. The van der Waals surface area contributed by atoms with E-state index in [1.54, 1.807) is 6.92 Å². The lowest BCUT2D eigenvalue weighted by molar-refractivity contribution is -0.119. The molecular weight excluding hydrogens is 214 g/mol. The molecule has 1 aliphatic rings. The molecule has 0 fully saturated rings. The van der Waals surface area contributed by atoms with E-state index in [1.165, 1.54) is 16.8 Å². The number of fused-ring (bicyclic) bond motifs is 1. The van der Waals surface area contributed by atoms with E-state index in [0.717, 1.165) is 13.0 Å². The topological polar surface area (TPSA) is 58.4 Å². The molecule has 0 saturated heterocycles. The molecule has 1 aromatic carbocycles. The molecule has 0 radical (unpaired) electrons. The van der Waals surface area contributed by atoms with Crippen molar-refractivity contribution in [3.05, 3.63) is 29.3 Å². The average Bonchev–Trinajstić information content (AvgIpc) is 2.67. The first-order valence-corrected chi connectivity index (χ1v) is 5.93. The van der Waals surface area contributed by atoms with Gasteiger partial charge in [0, 0.05) is 25.8 Å². The van der Waals surface area contributed by atoms with Gasteiger partial charge in [-0.25, -0.2) is 0 Å². The number of nitrogens with one attached hydrogen (secondary N) is 1. The SMILES string of the molecule is CC(NCc1ccc2c(c1)CCN2C)C(N)=O. The fourth-order valence-corrected chi connectivity index (χ4v) is 2.10. The molecular formula is C13H19N3O. The zero-order chi connectivity index (χ0) is 12.4. The summed E-state index contributed by atoms with van der Waals surface area (Å²) in [6.45, 7) is 3.55. The third kappa shape index (κ3) is 2.58. The van der Waals surface area contributed by atoms with E-state index in [2.05, 4.69) is 35.5 Å². The molecule has 1 unspecified atom stereocenters. The number of hydrogen-bond donors (Lipinski definition) is 2. The third-order valence-electron chi connectivity index (χ3n) is 3.31. The molecule has 1 atom stereocenters. The van der Waals surface area contributed by atoms with Crippen LogP contribution in [0.3, 0.4) is 0 Å². The fraction of sp³-hybridized carbons (Fsp3) is 0.462. The van der Waals surface area contributed by atoms with E-state index in [4.69, 9.17) is 5.73 Å². The van der Waals surface area contributed by atoms with Gasteiger partial charge in [0.2, 0.25) is 5.91 Å². The van der Waals surface area contributed by atoms with Crippen molar-refractivity contribution in [1.82, 2.24) is 5.32 Å². The van der Waals surface area contributed by atoms with Crippen LogP contribution in [0.2, 0.25) is 0 Å². The maximum Gasteiger partial charge on any atom is 0.234 e. The molecule has 1 aliphatic heterocycles. The van der Waals surface area contributed by atoms with Crippen molar-refractivity contribution in [2.24, 2.45) is 5.73 Å². The molecule has 0 bridgehead atoms. The minimum absolute atomic E-state index is 0.286. The van der Waals surface area contributed by atoms with Gasteiger partial charge in [-0.1, -0.05) is 12.1 Å². The Balaban J connectivity index is 2.01. The Morgan fingerprint density at radius 3 is 3.06 bits per heavy atom. The summed E-state index contributed by atoms with van der Waals surface area (Å²) in [5.74, 6) is -0.314. The molecule has 0 saturated carbocycles. The van der Waals surface area contributed by atoms with Crippen LogP contribution in [0.25, 0.3) is 0 Å². The maximum absolute atomic E-state index is 10.9. The summed E-state index contributed by atoms with van der Waals surface area (Å²) >= 11 is 0. The van der Waals surface area contributed by atoms with Gasteiger partial charge in [-0.15, -0.1) is 0 Å². The van der Waals surface area contributed by atoms with Crippen LogP contribution in [0.15, 0.2) is 18.2 Å². The number of carbonyl (C=O) groups is 1. The summed E-state index contributed by atoms with van der Waals surface area (Å²) in [5, 5.41) is 3.11. The van der Waals surface area contributed by atoms with Crippen molar-refractivity contribution in [1.29, 1.82) is 0 Å². The Hall–Kier alpha value is -1.55. The number of benzene rings is 1. The molecule has 1 aromatic rings. The van der Waals surface area contributed by atoms with E-state index in [-0.39, 0.29) is 11.9 Å². The number of nitrogens with two attached hydrogens (primary N) is 1. The standard InChI is InChI=1S/C13H19N3O/c1-9(13(14)17)15-8-10-3-4-12-11(7-10)5-6-16(12)2/h3-4,7,9,15H,5-6,8H2,1-2H3,(H2,14,17). The van der Waals surface area contributed by atoms with Gasteiger partial charge >= 0.3 is 0 Å². The highest BCUT2D eigenvalue weighted by Gasteiger charge is 2.15. The van der Waals surface area contributed by atoms with Crippen molar-refractivity contribution in [3.8, 4) is 0 Å². The Labute approximate surface area is 102 Å². The Morgan fingerprint density at radius 1 is 1.59 bits per heavy atom. The highest BCUT2D eigenvalue weighted by atomic mass is 16.1. The largest absolute Gasteiger partial charge is 0.374 e. The minimum Gasteiger partial charge on any atom is -0.374 e. The molecule has 2 rings (SSSR count). The lowest BCUT2D eigenvalue weighted by Gasteiger charge is -2.13. The van der Waals surface area contributed by atoms with E-state index >= 15 is 0 Å². The summed E-state index contributed by atoms with van der Waals surface area (Å²) in [6, 6.07) is 6.17. The molecule has 17 heavy (non-hydrogen) atoms. The lowest BCUT2D eigenvalue weighted by Crippen LogP contribution is -2.38. The Kier molecular flexibility index (Phi) is 3.33. The summed E-state index contributed by atoms with van der Waals surface area (Å²) in [5.41, 5.74) is 9.11. The quantitative estimate of drug-likeness (QED) is 0.802. The second-order valence-electron chi connectivity index (χ2n) is 4.64. The minimum atomic E-state index is -0.314. The Bertz CT molecular complexity index is 431. The molecule has 92 valence electrons. The van der Waals surface area contributed by atoms with Crippen LogP contribution < -0.4 is 16.0 Å². The van der Waals surface area contributed by atoms with Gasteiger partial charge in [-0.3, -0.25) is 4.79 Å². The van der Waals surface area contributed by atoms with Gasteiger partial charge in [0.25, 0.3) is 0 Å². The van der Waals surface area contributed by atoms with Crippen molar-refractivity contribution in [2.75, 3.05) is 18.5 Å². The van der Waals surface area contributed by atoms with Crippen LogP contribution in [-0.4, -0.2) is 25.5 Å². The predicted octanol–water partition coefficient (Wildman–Crippen LogP) is 0.642. The Morgan fingerprint density at radius 2 is 2.35 bits per heavy atom. The molecule has 0 aliphatic carbocycles. The van der Waals surface area contributed by atoms with E-state index in [9.17, 15) is 4.79 Å². The molecule has 4 heteroatoms. The fourth-order valence-electron chi connectivity index (χ4n) is 2.10. The lowest BCUT2D eigenvalue weighted by atomic mass is 10.1. The van der Waals surface area contributed by atoms with Gasteiger partial charge in [0.05, 0.1) is 6.04 Å². The van der Waals surface area contributed by atoms with E-state index < -0.39 is 0 Å². The zero-order valence-electron chi connectivity index (χ0n) is 10.4. The van der Waals surface area contributed by atoms with Crippen LogP contribution in [0.5, 0.6) is 0 Å². The van der Waals surface area contributed by atoms with Crippen molar-refractivity contribution >= 4 is 11.6 Å². The normalized spacial score (nSPS) is 15.8. The highest BCUT2D eigenvalue weighted by molar-refractivity contribution is 5.79. The van der Waals surface area contributed by atoms with Crippen molar-refractivity contribution in [2.45, 2.75) is 25.9 Å². The number of anilines is 1. The number of hydrogen-bond acceptors (Lipinski definition) is 3.